The smallest absolute Gasteiger partial charge is 0.156 e. The molecule has 21 heavy (non-hydrogen) atoms. The van der Waals surface area contributed by atoms with Gasteiger partial charge in [-0.3, -0.25) is 4.79 Å². The van der Waals surface area contributed by atoms with Crippen LogP contribution in [0.4, 0.5) is 0 Å². The fourth-order valence-corrected chi connectivity index (χ4v) is 4.39. The first-order valence-electron chi connectivity index (χ1n) is 7.37. The largest absolute Gasteiger partial charge is 0.374 e. The van der Waals surface area contributed by atoms with E-state index in [1.54, 1.807) is 0 Å². The molecule has 0 radical (unpaired) electrons. The van der Waals surface area contributed by atoms with Gasteiger partial charge in [0.05, 0.1) is 17.7 Å². The van der Waals surface area contributed by atoms with Gasteiger partial charge in [0, 0.05) is 34.3 Å². The molecule has 4 rings (SSSR count). The first-order valence-corrected chi connectivity index (χ1v) is 8.83. The van der Waals surface area contributed by atoms with E-state index in [-0.39, 0.29) is 11.1 Å². The van der Waals surface area contributed by atoms with Crippen molar-refractivity contribution in [1.82, 2.24) is 3.53 Å². The highest BCUT2D eigenvalue weighted by atomic mass is 127. The molecular weight excluding hydrogens is 401 g/mol. The van der Waals surface area contributed by atoms with Gasteiger partial charge in [0.2, 0.25) is 0 Å². The van der Waals surface area contributed by atoms with Crippen LogP contribution in [0.2, 0.25) is 5.02 Å². The minimum Gasteiger partial charge on any atom is -0.374 e. The SMILES string of the molecule is O=C1CC2(OCCc3ccc(Cl)cc3)CCC1(NI)CC2. The molecule has 1 aromatic carbocycles. The highest BCUT2D eigenvalue weighted by Crippen LogP contribution is 2.47. The van der Waals surface area contributed by atoms with Crippen LogP contribution in [0.3, 0.4) is 0 Å². The average Bonchev–Trinajstić information content (AvgIpc) is 2.50. The molecule has 0 saturated heterocycles. The number of fused-ring (bicyclic) bond motifs is 3. The molecule has 3 fully saturated rings. The van der Waals surface area contributed by atoms with Crippen LogP contribution in [-0.2, 0) is 16.0 Å². The van der Waals surface area contributed by atoms with Crippen molar-refractivity contribution in [2.24, 2.45) is 0 Å². The molecule has 0 amide bonds. The van der Waals surface area contributed by atoms with Crippen LogP contribution in [0.5, 0.6) is 0 Å². The maximum absolute atomic E-state index is 12.3. The lowest BCUT2D eigenvalue weighted by molar-refractivity contribution is -0.154. The second-order valence-corrected chi connectivity index (χ2v) is 7.16. The van der Waals surface area contributed by atoms with Gasteiger partial charge in [0.1, 0.15) is 0 Å². The number of carbonyl (C=O) groups is 1. The summed E-state index contributed by atoms with van der Waals surface area (Å²) in [5.74, 6) is 0.320. The first kappa shape index (κ1) is 15.7. The topological polar surface area (TPSA) is 38.3 Å². The predicted molar refractivity (Wildman–Crippen MR) is 91.8 cm³/mol. The van der Waals surface area contributed by atoms with Gasteiger partial charge in [-0.1, -0.05) is 23.7 Å². The number of benzene rings is 1. The second-order valence-electron chi connectivity index (χ2n) is 6.18. The Hall–Kier alpha value is -0.170. The van der Waals surface area contributed by atoms with Crippen molar-refractivity contribution in [2.45, 2.75) is 49.7 Å². The molecule has 5 heteroatoms. The Morgan fingerprint density at radius 1 is 1.19 bits per heavy atom. The molecular formula is C16H19ClINO2. The molecule has 3 saturated carbocycles. The summed E-state index contributed by atoms with van der Waals surface area (Å²) in [4.78, 5) is 12.3. The predicted octanol–water partition coefficient (Wildman–Crippen LogP) is 3.86. The summed E-state index contributed by atoms with van der Waals surface area (Å²) in [6.45, 7) is 0.666. The van der Waals surface area contributed by atoms with Gasteiger partial charge in [0.25, 0.3) is 0 Å². The molecule has 0 aliphatic heterocycles. The molecule has 0 aromatic heterocycles. The van der Waals surface area contributed by atoms with E-state index >= 15 is 0 Å². The minimum absolute atomic E-state index is 0.210. The molecule has 3 aliphatic carbocycles. The van der Waals surface area contributed by atoms with E-state index in [2.05, 4.69) is 26.4 Å². The van der Waals surface area contributed by atoms with Gasteiger partial charge in [-0.15, -0.1) is 0 Å². The molecule has 0 atom stereocenters. The van der Waals surface area contributed by atoms with Crippen molar-refractivity contribution >= 4 is 40.2 Å². The molecule has 1 N–H and O–H groups in total. The van der Waals surface area contributed by atoms with Gasteiger partial charge in [0.15, 0.2) is 5.78 Å². The van der Waals surface area contributed by atoms with E-state index in [0.29, 0.717) is 18.8 Å². The molecule has 0 spiro atoms. The van der Waals surface area contributed by atoms with Crippen LogP contribution in [0.15, 0.2) is 24.3 Å². The number of hydrogen-bond donors (Lipinski definition) is 1. The van der Waals surface area contributed by atoms with Crippen molar-refractivity contribution in [3.63, 3.8) is 0 Å². The maximum Gasteiger partial charge on any atom is 0.156 e. The van der Waals surface area contributed by atoms with E-state index < -0.39 is 0 Å². The third kappa shape index (κ3) is 3.14. The van der Waals surface area contributed by atoms with Crippen LogP contribution in [0, 0.1) is 0 Å². The fourth-order valence-electron chi connectivity index (χ4n) is 3.43. The Kier molecular flexibility index (Phi) is 4.60. The van der Waals surface area contributed by atoms with Gasteiger partial charge < -0.3 is 4.74 Å². The van der Waals surface area contributed by atoms with Crippen LogP contribution < -0.4 is 3.53 Å². The van der Waals surface area contributed by atoms with Crippen molar-refractivity contribution in [3.05, 3.63) is 34.9 Å². The third-order valence-electron chi connectivity index (χ3n) is 4.92. The second kappa shape index (κ2) is 6.14. The number of Topliss-reactive ketones (excluding diaryl/α,β-unsaturated/α-hetero) is 1. The number of ether oxygens (including phenoxy) is 1. The first-order chi connectivity index (χ1) is 10.1. The van der Waals surface area contributed by atoms with Gasteiger partial charge >= 0.3 is 0 Å². The summed E-state index contributed by atoms with van der Waals surface area (Å²) >= 11 is 8.01. The molecule has 1 aromatic rings. The lowest BCUT2D eigenvalue weighted by Crippen LogP contribution is -2.61. The summed E-state index contributed by atoms with van der Waals surface area (Å²) in [5, 5.41) is 0.756. The summed E-state index contributed by atoms with van der Waals surface area (Å²) in [7, 11) is 0. The molecule has 3 nitrogen and oxygen atoms in total. The third-order valence-corrected chi connectivity index (χ3v) is 6.21. The Labute approximate surface area is 144 Å². The quantitative estimate of drug-likeness (QED) is 0.582. The van der Waals surface area contributed by atoms with Crippen molar-refractivity contribution < 1.29 is 9.53 Å². The summed E-state index contributed by atoms with van der Waals surface area (Å²) in [6, 6.07) is 7.86. The zero-order valence-electron chi connectivity index (χ0n) is 11.8. The molecule has 2 bridgehead atoms. The lowest BCUT2D eigenvalue weighted by Gasteiger charge is -2.51. The maximum atomic E-state index is 12.3. The van der Waals surface area contributed by atoms with Crippen LogP contribution in [0.1, 0.15) is 37.7 Å². The van der Waals surface area contributed by atoms with Crippen LogP contribution >= 0.6 is 34.5 Å². The number of hydrogen-bond acceptors (Lipinski definition) is 3. The number of nitrogens with one attached hydrogen (secondary N) is 1. The lowest BCUT2D eigenvalue weighted by atomic mass is 9.63. The van der Waals surface area contributed by atoms with Crippen LogP contribution in [0.25, 0.3) is 0 Å². The molecule has 0 unspecified atom stereocenters. The van der Waals surface area contributed by atoms with Crippen molar-refractivity contribution in [2.75, 3.05) is 6.61 Å². The zero-order valence-corrected chi connectivity index (χ0v) is 14.7. The van der Waals surface area contributed by atoms with E-state index in [4.69, 9.17) is 16.3 Å². The van der Waals surface area contributed by atoms with Crippen molar-refractivity contribution in [3.8, 4) is 0 Å². The summed E-state index contributed by atoms with van der Waals surface area (Å²) in [6.07, 6.45) is 5.18. The summed E-state index contributed by atoms with van der Waals surface area (Å²) in [5.41, 5.74) is 0.734. The standard InChI is InChI=1S/C16H19ClINO2/c17-13-3-1-12(2-4-13)5-10-21-15-6-8-16(19-18,9-7-15)14(20)11-15/h1-4,19H,5-11H2. The van der Waals surface area contributed by atoms with E-state index in [0.717, 1.165) is 37.1 Å². The van der Waals surface area contributed by atoms with E-state index in [9.17, 15) is 4.79 Å². The van der Waals surface area contributed by atoms with Gasteiger partial charge in [-0.05, 0) is 49.8 Å². The molecule has 0 heterocycles. The van der Waals surface area contributed by atoms with Gasteiger partial charge in [-0.25, -0.2) is 3.53 Å². The number of ketones is 1. The number of halogens is 2. The monoisotopic (exact) mass is 419 g/mol. The summed E-state index contributed by atoms with van der Waals surface area (Å²) < 4.78 is 9.38. The zero-order chi connectivity index (χ0) is 14.9. The van der Waals surface area contributed by atoms with E-state index in [1.807, 2.05) is 24.3 Å². The normalized spacial score (nSPS) is 31.6. The van der Waals surface area contributed by atoms with Crippen LogP contribution in [-0.4, -0.2) is 23.5 Å². The highest BCUT2D eigenvalue weighted by Gasteiger charge is 2.54. The van der Waals surface area contributed by atoms with Crippen molar-refractivity contribution in [1.29, 1.82) is 0 Å². The highest BCUT2D eigenvalue weighted by molar-refractivity contribution is 14.1. The minimum atomic E-state index is -0.276. The Morgan fingerprint density at radius 2 is 1.86 bits per heavy atom. The number of carbonyl (C=O) groups excluding carboxylic acids is 1. The van der Waals surface area contributed by atoms with Gasteiger partial charge in [-0.2, -0.15) is 0 Å². The van der Waals surface area contributed by atoms with E-state index in [1.165, 1.54) is 5.56 Å². The average molecular weight is 420 g/mol. The Morgan fingerprint density at radius 3 is 2.43 bits per heavy atom. The fraction of sp³-hybridized carbons (Fsp3) is 0.562. The number of rotatable bonds is 5. The molecule has 3 aliphatic rings. The Balaban J connectivity index is 1.56. The molecule has 114 valence electrons. The Bertz CT molecular complexity index is 524.